The van der Waals surface area contributed by atoms with Crippen molar-refractivity contribution in [2.45, 2.75) is 11.3 Å². The number of hydrogen-bond donors (Lipinski definition) is 2. The molecule has 1 fully saturated rings. The predicted molar refractivity (Wildman–Crippen MR) is 74.5 cm³/mol. The van der Waals surface area contributed by atoms with Crippen LogP contribution in [0.3, 0.4) is 0 Å². The quantitative estimate of drug-likeness (QED) is 0.786. The summed E-state index contributed by atoms with van der Waals surface area (Å²) >= 11 is 0. The van der Waals surface area contributed by atoms with E-state index in [2.05, 4.69) is 16.6 Å². The van der Waals surface area contributed by atoms with Gasteiger partial charge in [-0.3, -0.25) is 0 Å². The largest absolute Gasteiger partial charge is 0.384 e. The Labute approximate surface area is 119 Å². The molecule has 0 saturated carbocycles. The van der Waals surface area contributed by atoms with Gasteiger partial charge < -0.3 is 9.84 Å². The zero-order valence-corrected chi connectivity index (χ0v) is 11.8. The minimum absolute atomic E-state index is 0.182. The molecular formula is C14H17NO4S. The van der Waals surface area contributed by atoms with Gasteiger partial charge in [-0.1, -0.05) is 17.9 Å². The van der Waals surface area contributed by atoms with Gasteiger partial charge in [0.2, 0.25) is 10.0 Å². The van der Waals surface area contributed by atoms with Crippen molar-refractivity contribution in [1.82, 2.24) is 4.72 Å². The minimum atomic E-state index is -3.53. The van der Waals surface area contributed by atoms with E-state index in [0.717, 1.165) is 6.42 Å². The smallest absolute Gasteiger partial charge is 0.240 e. The van der Waals surface area contributed by atoms with Gasteiger partial charge in [0.1, 0.15) is 6.61 Å². The average molecular weight is 295 g/mol. The second-order valence-corrected chi connectivity index (χ2v) is 6.34. The Morgan fingerprint density at radius 1 is 1.45 bits per heavy atom. The number of benzene rings is 1. The summed E-state index contributed by atoms with van der Waals surface area (Å²) in [7, 11) is -3.53. The Morgan fingerprint density at radius 2 is 2.30 bits per heavy atom. The molecule has 1 atom stereocenters. The first-order valence-corrected chi connectivity index (χ1v) is 7.87. The molecule has 2 N–H and O–H groups in total. The molecule has 6 heteroatoms. The first-order valence-electron chi connectivity index (χ1n) is 6.39. The molecule has 1 unspecified atom stereocenters. The van der Waals surface area contributed by atoms with Crippen molar-refractivity contribution < 1.29 is 18.3 Å². The SMILES string of the molecule is O=S(=O)(NCC1CCOC1)c1cccc(C#CCO)c1. The molecule has 0 radical (unpaired) electrons. The van der Waals surface area contributed by atoms with Crippen LogP contribution in [-0.2, 0) is 14.8 Å². The lowest BCUT2D eigenvalue weighted by molar-refractivity contribution is 0.186. The summed E-state index contributed by atoms with van der Waals surface area (Å²) in [4.78, 5) is 0.182. The van der Waals surface area contributed by atoms with E-state index in [1.54, 1.807) is 12.1 Å². The molecule has 0 aromatic heterocycles. The maximum Gasteiger partial charge on any atom is 0.240 e. The Hall–Kier alpha value is -1.39. The maximum atomic E-state index is 12.2. The van der Waals surface area contributed by atoms with E-state index in [1.165, 1.54) is 12.1 Å². The number of ether oxygens (including phenoxy) is 1. The lowest BCUT2D eigenvalue weighted by atomic mass is 10.1. The predicted octanol–water partition coefficient (Wildman–Crippen LogP) is 0.345. The second kappa shape index (κ2) is 6.86. The van der Waals surface area contributed by atoms with E-state index < -0.39 is 10.0 Å². The van der Waals surface area contributed by atoms with Gasteiger partial charge in [0.05, 0.1) is 11.5 Å². The van der Waals surface area contributed by atoms with Gasteiger partial charge in [-0.25, -0.2) is 13.1 Å². The highest BCUT2D eigenvalue weighted by Gasteiger charge is 2.20. The van der Waals surface area contributed by atoms with E-state index >= 15 is 0 Å². The van der Waals surface area contributed by atoms with Crippen molar-refractivity contribution in [2.24, 2.45) is 5.92 Å². The molecule has 1 aromatic carbocycles. The summed E-state index contributed by atoms with van der Waals surface area (Å²) in [6.45, 7) is 1.43. The van der Waals surface area contributed by atoms with Crippen LogP contribution in [0, 0.1) is 17.8 Å². The van der Waals surface area contributed by atoms with E-state index in [4.69, 9.17) is 9.84 Å². The molecule has 5 nitrogen and oxygen atoms in total. The summed E-state index contributed by atoms with van der Waals surface area (Å²) in [5, 5.41) is 8.65. The lowest BCUT2D eigenvalue weighted by Gasteiger charge is -2.10. The van der Waals surface area contributed by atoms with Crippen LogP contribution in [0.25, 0.3) is 0 Å². The standard InChI is InChI=1S/C14H17NO4S/c16-7-2-4-12-3-1-5-14(9-12)20(17,18)15-10-13-6-8-19-11-13/h1,3,5,9,13,15-16H,6-8,10-11H2. The summed E-state index contributed by atoms with van der Waals surface area (Å²) in [5.41, 5.74) is 0.561. The zero-order chi connectivity index (χ0) is 14.4. The molecule has 0 bridgehead atoms. The number of nitrogens with one attached hydrogen (secondary N) is 1. The van der Waals surface area contributed by atoms with Crippen molar-refractivity contribution in [3.05, 3.63) is 29.8 Å². The van der Waals surface area contributed by atoms with Gasteiger partial charge in [0, 0.05) is 18.7 Å². The summed E-state index contributed by atoms with van der Waals surface area (Å²) in [6.07, 6.45) is 0.879. The van der Waals surface area contributed by atoms with E-state index in [1.807, 2.05) is 0 Å². The highest BCUT2D eigenvalue weighted by Crippen LogP contribution is 2.14. The van der Waals surface area contributed by atoms with Gasteiger partial charge in [-0.2, -0.15) is 0 Å². The molecule has 1 aromatic rings. The second-order valence-electron chi connectivity index (χ2n) is 4.57. The first-order chi connectivity index (χ1) is 9.62. The van der Waals surface area contributed by atoms with Crippen LogP contribution in [0.2, 0.25) is 0 Å². The van der Waals surface area contributed by atoms with Crippen LogP contribution < -0.4 is 4.72 Å². The van der Waals surface area contributed by atoms with Crippen molar-refractivity contribution >= 4 is 10.0 Å². The van der Waals surface area contributed by atoms with Gasteiger partial charge in [0.25, 0.3) is 0 Å². The third kappa shape index (κ3) is 4.05. The van der Waals surface area contributed by atoms with Crippen molar-refractivity contribution in [2.75, 3.05) is 26.4 Å². The number of aliphatic hydroxyl groups excluding tert-OH is 1. The van der Waals surface area contributed by atoms with E-state index in [9.17, 15) is 8.42 Å². The number of rotatable bonds is 4. The molecule has 0 spiro atoms. The minimum Gasteiger partial charge on any atom is -0.384 e. The fraction of sp³-hybridized carbons (Fsp3) is 0.429. The highest BCUT2D eigenvalue weighted by atomic mass is 32.2. The Kier molecular flexibility index (Phi) is 5.15. The van der Waals surface area contributed by atoms with Gasteiger partial charge >= 0.3 is 0 Å². The van der Waals surface area contributed by atoms with Gasteiger partial charge in [0.15, 0.2) is 0 Å². The van der Waals surface area contributed by atoms with Crippen molar-refractivity contribution in [3.63, 3.8) is 0 Å². The highest BCUT2D eigenvalue weighted by molar-refractivity contribution is 7.89. The third-order valence-electron chi connectivity index (χ3n) is 3.04. The topological polar surface area (TPSA) is 75.6 Å². The van der Waals surface area contributed by atoms with Crippen LogP contribution >= 0.6 is 0 Å². The van der Waals surface area contributed by atoms with Crippen LogP contribution in [0.5, 0.6) is 0 Å². The van der Waals surface area contributed by atoms with Crippen molar-refractivity contribution in [1.29, 1.82) is 0 Å². The molecule has 20 heavy (non-hydrogen) atoms. The molecule has 1 heterocycles. The summed E-state index contributed by atoms with van der Waals surface area (Å²) in [6, 6.07) is 6.36. The normalized spacial score (nSPS) is 18.6. The number of hydrogen-bond acceptors (Lipinski definition) is 4. The third-order valence-corrected chi connectivity index (χ3v) is 4.46. The Bertz CT molecular complexity index is 610. The van der Waals surface area contributed by atoms with Gasteiger partial charge in [-0.05, 0) is 30.5 Å². The Morgan fingerprint density at radius 3 is 3.00 bits per heavy atom. The fourth-order valence-electron chi connectivity index (χ4n) is 1.94. The molecule has 0 aliphatic carbocycles. The van der Waals surface area contributed by atoms with Crippen LogP contribution in [-0.4, -0.2) is 39.9 Å². The maximum absolute atomic E-state index is 12.2. The first kappa shape index (κ1) is 15.0. The average Bonchev–Trinajstić information content (AvgIpc) is 2.97. The monoisotopic (exact) mass is 295 g/mol. The molecular weight excluding hydrogens is 278 g/mol. The molecule has 1 aliphatic heterocycles. The van der Waals surface area contributed by atoms with Crippen LogP contribution in [0.4, 0.5) is 0 Å². The fourth-order valence-corrected chi connectivity index (χ4v) is 3.10. The lowest BCUT2D eigenvalue weighted by Crippen LogP contribution is -2.29. The zero-order valence-electron chi connectivity index (χ0n) is 11.0. The van der Waals surface area contributed by atoms with E-state index in [-0.39, 0.29) is 17.4 Å². The molecule has 2 rings (SSSR count). The van der Waals surface area contributed by atoms with Crippen molar-refractivity contribution in [3.8, 4) is 11.8 Å². The molecule has 1 saturated heterocycles. The molecule has 1 aliphatic rings. The van der Waals surface area contributed by atoms with E-state index in [0.29, 0.717) is 25.3 Å². The van der Waals surface area contributed by atoms with Crippen LogP contribution in [0.15, 0.2) is 29.2 Å². The Balaban J connectivity index is 2.08. The number of aliphatic hydroxyl groups is 1. The summed E-state index contributed by atoms with van der Waals surface area (Å²) < 4.78 is 32.1. The molecule has 108 valence electrons. The molecule has 0 amide bonds. The van der Waals surface area contributed by atoms with Crippen LogP contribution in [0.1, 0.15) is 12.0 Å². The summed E-state index contributed by atoms with van der Waals surface area (Å²) in [5.74, 6) is 5.42. The number of sulfonamides is 1. The van der Waals surface area contributed by atoms with Gasteiger partial charge in [-0.15, -0.1) is 0 Å².